The summed E-state index contributed by atoms with van der Waals surface area (Å²) in [6, 6.07) is 8.79. The summed E-state index contributed by atoms with van der Waals surface area (Å²) in [6.45, 7) is 2.21. The number of aryl methyl sites for hydroxylation is 1. The molecule has 3 rings (SSSR count). The molecule has 0 unspecified atom stereocenters. The van der Waals surface area contributed by atoms with E-state index in [-0.39, 0.29) is 0 Å². The van der Waals surface area contributed by atoms with Gasteiger partial charge >= 0.3 is 0 Å². The van der Waals surface area contributed by atoms with Gasteiger partial charge in [-0.1, -0.05) is 18.2 Å². The van der Waals surface area contributed by atoms with Crippen molar-refractivity contribution in [1.82, 2.24) is 4.57 Å². The number of rotatable bonds is 1. The SMILES string of the molecule is Cc1cccc2ccn(C3SCCCS3)c12. The molecule has 0 amide bonds. The smallest absolute Gasteiger partial charge is 0.126 e. The number of benzene rings is 1. The lowest BCUT2D eigenvalue weighted by molar-refractivity contribution is 0.898. The van der Waals surface area contributed by atoms with Crippen molar-refractivity contribution in [3.63, 3.8) is 0 Å². The molecule has 0 bridgehead atoms. The molecule has 0 radical (unpaired) electrons. The van der Waals surface area contributed by atoms with E-state index in [2.05, 4.69) is 65.5 Å². The van der Waals surface area contributed by atoms with Crippen molar-refractivity contribution < 1.29 is 0 Å². The molecule has 1 nitrogen and oxygen atoms in total. The second-order valence-corrected chi connectivity index (χ2v) is 6.81. The maximum Gasteiger partial charge on any atom is 0.126 e. The van der Waals surface area contributed by atoms with Crippen molar-refractivity contribution in [1.29, 1.82) is 0 Å². The zero-order chi connectivity index (χ0) is 11.0. The normalized spacial score (nSPS) is 18.1. The van der Waals surface area contributed by atoms with Crippen molar-refractivity contribution >= 4 is 34.4 Å². The first-order valence-electron chi connectivity index (χ1n) is 5.65. The van der Waals surface area contributed by atoms with E-state index < -0.39 is 0 Å². The molecule has 1 aromatic heterocycles. The van der Waals surface area contributed by atoms with Crippen LogP contribution in [0.15, 0.2) is 30.5 Å². The lowest BCUT2D eigenvalue weighted by Crippen LogP contribution is -2.07. The van der Waals surface area contributed by atoms with Crippen LogP contribution < -0.4 is 0 Å². The van der Waals surface area contributed by atoms with Crippen LogP contribution in [0.25, 0.3) is 10.9 Å². The molecule has 3 heteroatoms. The monoisotopic (exact) mass is 249 g/mol. The second kappa shape index (κ2) is 4.38. The zero-order valence-corrected chi connectivity index (χ0v) is 11.0. The van der Waals surface area contributed by atoms with Gasteiger partial charge in [-0.25, -0.2) is 0 Å². The third kappa shape index (κ3) is 1.76. The number of nitrogens with zero attached hydrogens (tertiary/aromatic N) is 1. The zero-order valence-electron chi connectivity index (χ0n) is 9.35. The molecule has 16 heavy (non-hydrogen) atoms. The summed E-state index contributed by atoms with van der Waals surface area (Å²) < 4.78 is 3.02. The summed E-state index contributed by atoms with van der Waals surface area (Å²) in [7, 11) is 0. The Balaban J connectivity index is 2.09. The molecular formula is C13H15NS2. The average molecular weight is 249 g/mol. The Morgan fingerprint density at radius 1 is 1.19 bits per heavy atom. The maximum atomic E-state index is 2.44. The Morgan fingerprint density at radius 3 is 2.81 bits per heavy atom. The van der Waals surface area contributed by atoms with Gasteiger partial charge < -0.3 is 4.57 Å². The Labute approximate surface area is 105 Å². The van der Waals surface area contributed by atoms with Crippen LogP contribution in [-0.4, -0.2) is 16.1 Å². The van der Waals surface area contributed by atoms with Gasteiger partial charge in [-0.05, 0) is 41.9 Å². The van der Waals surface area contributed by atoms with Crippen LogP contribution in [-0.2, 0) is 0 Å². The molecule has 2 heterocycles. The molecule has 0 atom stereocenters. The summed E-state index contributed by atoms with van der Waals surface area (Å²) in [5.41, 5.74) is 2.80. The second-order valence-electron chi connectivity index (χ2n) is 4.14. The third-order valence-corrected chi connectivity index (χ3v) is 5.87. The van der Waals surface area contributed by atoms with E-state index in [1.807, 2.05) is 0 Å². The van der Waals surface area contributed by atoms with Crippen LogP contribution in [0.4, 0.5) is 0 Å². The fourth-order valence-electron chi connectivity index (χ4n) is 2.22. The number of thioether (sulfide) groups is 2. The fraction of sp³-hybridized carbons (Fsp3) is 0.385. The molecule has 2 aromatic rings. The highest BCUT2D eigenvalue weighted by atomic mass is 32.2. The van der Waals surface area contributed by atoms with Crippen LogP contribution in [0.2, 0.25) is 0 Å². The average Bonchev–Trinajstić information content (AvgIpc) is 2.75. The van der Waals surface area contributed by atoms with Gasteiger partial charge in [0.05, 0.1) is 5.52 Å². The molecule has 84 valence electrons. The standard InChI is InChI=1S/C13H15NS2/c1-10-4-2-5-11-6-7-14(12(10)11)13-15-8-3-9-16-13/h2,4-7,13H,3,8-9H2,1H3. The number of hydrogen-bond acceptors (Lipinski definition) is 2. The topological polar surface area (TPSA) is 4.93 Å². The third-order valence-electron chi connectivity index (χ3n) is 2.98. The van der Waals surface area contributed by atoms with Crippen LogP contribution in [0.5, 0.6) is 0 Å². The highest BCUT2D eigenvalue weighted by Gasteiger charge is 2.18. The summed E-state index contributed by atoms with van der Waals surface area (Å²) in [6.07, 6.45) is 3.59. The molecule has 0 aliphatic carbocycles. The molecule has 1 saturated heterocycles. The minimum absolute atomic E-state index is 0.576. The molecule has 1 aliphatic heterocycles. The van der Waals surface area contributed by atoms with E-state index in [0.29, 0.717) is 4.71 Å². The Kier molecular flexibility index (Phi) is 2.90. The first-order chi connectivity index (χ1) is 7.86. The maximum absolute atomic E-state index is 2.44. The molecule has 1 aliphatic rings. The van der Waals surface area contributed by atoms with Gasteiger partial charge in [-0.2, -0.15) is 0 Å². The number of para-hydroxylation sites is 1. The summed E-state index contributed by atoms with van der Waals surface area (Å²) in [5, 5.41) is 1.37. The van der Waals surface area contributed by atoms with Gasteiger partial charge in [0.15, 0.2) is 0 Å². The lowest BCUT2D eigenvalue weighted by Gasteiger charge is -2.23. The Morgan fingerprint density at radius 2 is 2.00 bits per heavy atom. The van der Waals surface area contributed by atoms with Crippen molar-refractivity contribution in [2.24, 2.45) is 0 Å². The minimum atomic E-state index is 0.576. The molecule has 0 spiro atoms. The predicted octanol–water partition coefficient (Wildman–Crippen LogP) is 4.28. The number of aromatic nitrogens is 1. The molecule has 0 N–H and O–H groups in total. The van der Waals surface area contributed by atoms with E-state index >= 15 is 0 Å². The van der Waals surface area contributed by atoms with E-state index in [1.54, 1.807) is 0 Å². The summed E-state index contributed by atoms with van der Waals surface area (Å²) in [4.78, 5) is 0. The van der Waals surface area contributed by atoms with Crippen LogP contribution in [0.3, 0.4) is 0 Å². The lowest BCUT2D eigenvalue weighted by atomic mass is 10.2. The first kappa shape index (κ1) is 10.6. The minimum Gasteiger partial charge on any atom is -0.326 e. The van der Waals surface area contributed by atoms with E-state index in [4.69, 9.17) is 0 Å². The van der Waals surface area contributed by atoms with Gasteiger partial charge in [0.2, 0.25) is 0 Å². The van der Waals surface area contributed by atoms with Gasteiger partial charge in [0, 0.05) is 6.20 Å². The van der Waals surface area contributed by atoms with Crippen LogP contribution >= 0.6 is 23.5 Å². The van der Waals surface area contributed by atoms with E-state index in [1.165, 1.54) is 34.4 Å². The van der Waals surface area contributed by atoms with Gasteiger partial charge in [-0.3, -0.25) is 0 Å². The largest absolute Gasteiger partial charge is 0.326 e. The predicted molar refractivity (Wildman–Crippen MR) is 75.2 cm³/mol. The summed E-state index contributed by atoms with van der Waals surface area (Å²) >= 11 is 4.14. The Hall–Kier alpha value is -0.540. The van der Waals surface area contributed by atoms with Gasteiger partial charge in [0.25, 0.3) is 0 Å². The van der Waals surface area contributed by atoms with Crippen LogP contribution in [0, 0.1) is 6.92 Å². The number of fused-ring (bicyclic) bond motifs is 1. The molecule has 0 saturated carbocycles. The van der Waals surface area contributed by atoms with Crippen LogP contribution in [0.1, 0.15) is 16.7 Å². The van der Waals surface area contributed by atoms with E-state index in [9.17, 15) is 0 Å². The van der Waals surface area contributed by atoms with Crippen molar-refractivity contribution in [2.75, 3.05) is 11.5 Å². The molecular weight excluding hydrogens is 234 g/mol. The molecule has 1 aromatic carbocycles. The quantitative estimate of drug-likeness (QED) is 0.743. The van der Waals surface area contributed by atoms with Gasteiger partial charge in [0.1, 0.15) is 4.71 Å². The summed E-state index contributed by atoms with van der Waals surface area (Å²) in [5.74, 6) is 2.59. The van der Waals surface area contributed by atoms with E-state index in [0.717, 1.165) is 0 Å². The van der Waals surface area contributed by atoms with Gasteiger partial charge in [-0.15, -0.1) is 23.5 Å². The van der Waals surface area contributed by atoms with Crippen molar-refractivity contribution in [3.8, 4) is 0 Å². The van der Waals surface area contributed by atoms with Crippen molar-refractivity contribution in [3.05, 3.63) is 36.0 Å². The number of hydrogen-bond donors (Lipinski definition) is 0. The fourth-order valence-corrected chi connectivity index (χ4v) is 5.06. The highest BCUT2D eigenvalue weighted by Crippen LogP contribution is 2.41. The van der Waals surface area contributed by atoms with Crippen molar-refractivity contribution in [2.45, 2.75) is 18.1 Å². The molecule has 1 fully saturated rings. The Bertz CT molecular complexity index is 498. The highest BCUT2D eigenvalue weighted by molar-refractivity contribution is 8.16. The first-order valence-corrected chi connectivity index (χ1v) is 7.75.